The third-order valence-electron chi connectivity index (χ3n) is 1.76. The van der Waals surface area contributed by atoms with Gasteiger partial charge in [-0.3, -0.25) is 0 Å². The molecule has 0 heterocycles. The van der Waals surface area contributed by atoms with Crippen LogP contribution in [0, 0.1) is 5.41 Å². The Hall–Kier alpha value is 0.250. The quantitative estimate of drug-likeness (QED) is 0.681. The summed E-state index contributed by atoms with van der Waals surface area (Å²) in [5.41, 5.74) is 5.92. The summed E-state index contributed by atoms with van der Waals surface area (Å²) in [6, 6.07) is 0. The van der Waals surface area contributed by atoms with Crippen molar-refractivity contribution in [1.82, 2.24) is 0 Å². The van der Waals surface area contributed by atoms with E-state index in [9.17, 15) is 0 Å². The molecule has 0 atom stereocenters. The van der Waals surface area contributed by atoms with E-state index in [0.717, 1.165) is 6.54 Å². The van der Waals surface area contributed by atoms with Crippen molar-refractivity contribution in [2.24, 2.45) is 11.1 Å². The molecule has 0 amide bonds. The van der Waals surface area contributed by atoms with Gasteiger partial charge in [0.2, 0.25) is 0 Å². The van der Waals surface area contributed by atoms with Crippen LogP contribution in [0.2, 0.25) is 0 Å². The van der Waals surface area contributed by atoms with E-state index in [1.807, 2.05) is 0 Å². The summed E-state index contributed by atoms with van der Waals surface area (Å²) in [6.07, 6.45) is 3.85. The molecule has 0 aromatic heterocycles. The lowest BCUT2D eigenvalue weighted by molar-refractivity contribution is 0.335. The van der Waals surface area contributed by atoms with Crippen molar-refractivity contribution in [2.45, 2.75) is 40.0 Å². The van der Waals surface area contributed by atoms with E-state index < -0.39 is 0 Å². The molecule has 0 saturated carbocycles. The van der Waals surface area contributed by atoms with Crippen molar-refractivity contribution in [1.29, 1.82) is 0 Å². The van der Waals surface area contributed by atoms with Crippen molar-refractivity contribution < 1.29 is 0 Å². The highest BCUT2D eigenvalue weighted by Gasteiger charge is 2.13. The number of nitrogens with two attached hydrogens (primary N) is 1. The highest BCUT2D eigenvalue weighted by Crippen LogP contribution is 2.20. The zero-order chi connectivity index (χ0) is 7.33. The van der Waals surface area contributed by atoms with E-state index in [0.29, 0.717) is 5.41 Å². The predicted octanol–water partition coefficient (Wildman–Crippen LogP) is 2.58. The van der Waals surface area contributed by atoms with Crippen LogP contribution in [0.5, 0.6) is 0 Å². The Labute approximate surface area is 70.8 Å². The molecule has 0 spiro atoms. The van der Waals surface area contributed by atoms with Crippen molar-refractivity contribution in [3.05, 3.63) is 0 Å². The smallest absolute Gasteiger partial charge is 0.00258 e. The molecule has 0 fully saturated rings. The highest BCUT2D eigenvalue weighted by molar-refractivity contribution is 5.85. The summed E-state index contributed by atoms with van der Waals surface area (Å²) in [4.78, 5) is 0. The summed E-state index contributed by atoms with van der Waals surface area (Å²) in [7, 11) is 0. The van der Waals surface area contributed by atoms with Gasteiger partial charge in [-0.2, -0.15) is 0 Å². The normalized spacial score (nSPS) is 10.8. The second-order valence-corrected chi connectivity index (χ2v) is 3.47. The third kappa shape index (κ3) is 6.37. The molecule has 2 N–H and O–H groups in total. The number of hydrogen-bond acceptors (Lipinski definition) is 1. The van der Waals surface area contributed by atoms with Crippen LogP contribution in [-0.4, -0.2) is 6.54 Å². The molecule has 0 bridgehead atoms. The Morgan fingerprint density at radius 2 is 1.80 bits per heavy atom. The zero-order valence-electron chi connectivity index (χ0n) is 7.31. The van der Waals surface area contributed by atoms with E-state index in [4.69, 9.17) is 5.73 Å². The molecular weight excluding hydrogens is 146 g/mol. The predicted molar refractivity (Wildman–Crippen MR) is 49.6 cm³/mol. The van der Waals surface area contributed by atoms with Gasteiger partial charge in [-0.15, -0.1) is 12.4 Å². The highest BCUT2D eigenvalue weighted by atomic mass is 35.5. The summed E-state index contributed by atoms with van der Waals surface area (Å²) in [6.45, 7) is 7.48. The minimum Gasteiger partial charge on any atom is -0.330 e. The Bertz CT molecular complexity index is 71.7. The number of unbranched alkanes of at least 4 members (excludes halogenated alkanes) is 1. The van der Waals surface area contributed by atoms with Gasteiger partial charge in [-0.25, -0.2) is 0 Å². The van der Waals surface area contributed by atoms with Crippen LogP contribution in [0.1, 0.15) is 40.0 Å². The fourth-order valence-corrected chi connectivity index (χ4v) is 0.757. The van der Waals surface area contributed by atoms with Gasteiger partial charge >= 0.3 is 0 Å². The van der Waals surface area contributed by atoms with Crippen molar-refractivity contribution >= 4 is 12.4 Å². The van der Waals surface area contributed by atoms with Crippen molar-refractivity contribution in [2.75, 3.05) is 6.54 Å². The topological polar surface area (TPSA) is 26.0 Å². The molecular formula is C8H20ClN. The van der Waals surface area contributed by atoms with Crippen LogP contribution in [0.3, 0.4) is 0 Å². The van der Waals surface area contributed by atoms with E-state index >= 15 is 0 Å². The molecule has 0 rings (SSSR count). The number of hydrogen-bond donors (Lipinski definition) is 1. The molecule has 0 aliphatic carbocycles. The second kappa shape index (κ2) is 5.99. The van der Waals surface area contributed by atoms with Crippen LogP contribution in [0.4, 0.5) is 0 Å². The second-order valence-electron chi connectivity index (χ2n) is 3.47. The van der Waals surface area contributed by atoms with Gasteiger partial charge < -0.3 is 5.73 Å². The molecule has 0 aromatic rings. The third-order valence-corrected chi connectivity index (χ3v) is 1.76. The van der Waals surface area contributed by atoms with E-state index in [1.54, 1.807) is 0 Å². The average Bonchev–Trinajstić information content (AvgIpc) is 1.84. The minimum atomic E-state index is 0. The maximum Gasteiger partial charge on any atom is -0.00258 e. The van der Waals surface area contributed by atoms with Gasteiger partial charge in [0.05, 0.1) is 0 Å². The molecule has 0 radical (unpaired) electrons. The average molecular weight is 166 g/mol. The standard InChI is InChI=1S/C8H19N.ClH/c1-4-5-6-8(2,3)7-9;/h4-7,9H2,1-3H3;1H. The van der Waals surface area contributed by atoms with E-state index in [1.165, 1.54) is 19.3 Å². The maximum absolute atomic E-state index is 5.55. The molecule has 1 nitrogen and oxygen atoms in total. The Morgan fingerprint density at radius 1 is 1.30 bits per heavy atom. The minimum absolute atomic E-state index is 0. The molecule has 0 saturated heterocycles. The lowest BCUT2D eigenvalue weighted by Gasteiger charge is -2.21. The molecule has 0 aliphatic rings. The van der Waals surface area contributed by atoms with Gasteiger partial charge in [0.1, 0.15) is 0 Å². The summed E-state index contributed by atoms with van der Waals surface area (Å²) in [5.74, 6) is 0. The monoisotopic (exact) mass is 165 g/mol. The summed E-state index contributed by atoms with van der Waals surface area (Å²) >= 11 is 0. The lowest BCUT2D eigenvalue weighted by atomic mass is 9.88. The molecule has 0 unspecified atom stereocenters. The molecule has 64 valence electrons. The first-order valence-electron chi connectivity index (χ1n) is 3.82. The van der Waals surface area contributed by atoms with Crippen molar-refractivity contribution in [3.8, 4) is 0 Å². The van der Waals surface area contributed by atoms with Crippen LogP contribution >= 0.6 is 12.4 Å². The zero-order valence-corrected chi connectivity index (χ0v) is 8.13. The van der Waals surface area contributed by atoms with Crippen LogP contribution in [-0.2, 0) is 0 Å². The Balaban J connectivity index is 0. The molecule has 0 aliphatic heterocycles. The summed E-state index contributed by atoms with van der Waals surface area (Å²) < 4.78 is 0. The molecule has 2 heteroatoms. The number of halogens is 1. The van der Waals surface area contributed by atoms with Crippen LogP contribution in [0.15, 0.2) is 0 Å². The first-order valence-corrected chi connectivity index (χ1v) is 3.82. The summed E-state index contributed by atoms with van der Waals surface area (Å²) in [5, 5.41) is 0. The first kappa shape index (κ1) is 12.9. The van der Waals surface area contributed by atoms with Crippen LogP contribution in [0.25, 0.3) is 0 Å². The lowest BCUT2D eigenvalue weighted by Crippen LogP contribution is -2.23. The van der Waals surface area contributed by atoms with Gasteiger partial charge in [0.25, 0.3) is 0 Å². The molecule has 10 heavy (non-hydrogen) atoms. The maximum atomic E-state index is 5.55. The molecule has 0 aromatic carbocycles. The van der Waals surface area contributed by atoms with Crippen molar-refractivity contribution in [3.63, 3.8) is 0 Å². The van der Waals surface area contributed by atoms with Gasteiger partial charge in [-0.1, -0.05) is 33.6 Å². The largest absolute Gasteiger partial charge is 0.330 e. The van der Waals surface area contributed by atoms with E-state index in [2.05, 4.69) is 20.8 Å². The fraction of sp³-hybridized carbons (Fsp3) is 1.00. The first-order chi connectivity index (χ1) is 4.12. The van der Waals surface area contributed by atoms with Gasteiger partial charge in [-0.05, 0) is 18.4 Å². The number of rotatable bonds is 4. The SMILES string of the molecule is CCCCC(C)(C)CN.Cl. The van der Waals surface area contributed by atoms with Gasteiger partial charge in [0.15, 0.2) is 0 Å². The van der Waals surface area contributed by atoms with Crippen LogP contribution < -0.4 is 5.73 Å². The Kier molecular flexibility index (Phi) is 7.72. The Morgan fingerprint density at radius 3 is 2.10 bits per heavy atom. The van der Waals surface area contributed by atoms with E-state index in [-0.39, 0.29) is 12.4 Å². The van der Waals surface area contributed by atoms with Gasteiger partial charge in [0, 0.05) is 0 Å². The fourth-order valence-electron chi connectivity index (χ4n) is 0.757.